The molecule has 0 unspecified atom stereocenters. The summed E-state index contributed by atoms with van der Waals surface area (Å²) < 4.78 is 29.7. The van der Waals surface area contributed by atoms with Gasteiger partial charge in [0, 0.05) is 47.8 Å². The Morgan fingerprint density at radius 1 is 1.06 bits per heavy atom. The SMILES string of the molecule is Cc1c(S(=O)(=O)NCCCCN2CCN(c3cccc4[nH]c(=O)[nH]c34)CC2)sc2cccc(Cl)c12. The maximum atomic E-state index is 12.9. The molecule has 2 aromatic carbocycles. The molecule has 0 saturated carbocycles. The van der Waals surface area contributed by atoms with Crippen molar-refractivity contribution in [2.75, 3.05) is 44.2 Å². The van der Waals surface area contributed by atoms with Gasteiger partial charge in [0.2, 0.25) is 10.0 Å². The minimum absolute atomic E-state index is 0.187. The zero-order valence-corrected chi connectivity index (χ0v) is 21.8. The second-order valence-electron chi connectivity index (χ2n) is 8.84. The topological polar surface area (TPSA) is 101 Å². The largest absolute Gasteiger partial charge is 0.367 e. The van der Waals surface area contributed by atoms with Crippen molar-refractivity contribution in [3.63, 3.8) is 0 Å². The van der Waals surface area contributed by atoms with Crippen molar-refractivity contribution >= 4 is 59.8 Å². The highest BCUT2D eigenvalue weighted by atomic mass is 35.5. The number of nitrogens with zero attached hydrogens (tertiary/aromatic N) is 2. The van der Waals surface area contributed by atoms with Crippen LogP contribution in [0.25, 0.3) is 21.1 Å². The summed E-state index contributed by atoms with van der Waals surface area (Å²) in [4.78, 5) is 22.1. The molecule has 1 aliphatic rings. The van der Waals surface area contributed by atoms with Gasteiger partial charge in [-0.05, 0) is 56.1 Å². The van der Waals surface area contributed by atoms with E-state index in [0.29, 0.717) is 21.3 Å². The van der Waals surface area contributed by atoms with E-state index in [1.54, 1.807) is 6.07 Å². The molecule has 35 heavy (non-hydrogen) atoms. The van der Waals surface area contributed by atoms with Crippen LogP contribution >= 0.6 is 22.9 Å². The molecule has 11 heteroatoms. The fourth-order valence-electron chi connectivity index (χ4n) is 4.74. The number of benzene rings is 2. The van der Waals surface area contributed by atoms with Gasteiger partial charge >= 0.3 is 5.69 Å². The summed E-state index contributed by atoms with van der Waals surface area (Å²) >= 11 is 7.55. The number of para-hydroxylation sites is 1. The van der Waals surface area contributed by atoms with Crippen LogP contribution in [0.15, 0.2) is 45.4 Å². The van der Waals surface area contributed by atoms with Gasteiger partial charge in [-0.2, -0.15) is 0 Å². The predicted molar refractivity (Wildman–Crippen MR) is 144 cm³/mol. The molecule has 1 aliphatic heterocycles. The number of unbranched alkanes of at least 4 members (excludes halogenated alkanes) is 1. The molecule has 0 spiro atoms. The van der Waals surface area contributed by atoms with Crippen LogP contribution in [0.2, 0.25) is 5.02 Å². The smallest absolute Gasteiger partial charge is 0.323 e. The molecule has 0 atom stereocenters. The fraction of sp³-hybridized carbons (Fsp3) is 0.375. The van der Waals surface area contributed by atoms with E-state index in [-0.39, 0.29) is 5.69 Å². The Morgan fingerprint density at radius 2 is 1.83 bits per heavy atom. The number of hydrogen-bond acceptors (Lipinski definition) is 6. The highest BCUT2D eigenvalue weighted by Crippen LogP contribution is 2.37. The van der Waals surface area contributed by atoms with E-state index in [1.807, 2.05) is 37.3 Å². The van der Waals surface area contributed by atoms with Gasteiger partial charge in [0.1, 0.15) is 4.21 Å². The zero-order valence-electron chi connectivity index (χ0n) is 19.4. The molecule has 0 amide bonds. The molecular weight excluding hydrogens is 506 g/mol. The van der Waals surface area contributed by atoms with Crippen LogP contribution in [0, 0.1) is 6.92 Å². The fourth-order valence-corrected chi connectivity index (χ4v) is 8.01. The summed E-state index contributed by atoms with van der Waals surface area (Å²) in [6.07, 6.45) is 1.69. The number of sulfonamides is 1. The van der Waals surface area contributed by atoms with Crippen LogP contribution in [-0.4, -0.2) is 62.6 Å². The number of piperazine rings is 1. The highest BCUT2D eigenvalue weighted by Gasteiger charge is 2.23. The second-order valence-corrected chi connectivity index (χ2v) is 12.3. The Bertz CT molecular complexity index is 1520. The minimum Gasteiger partial charge on any atom is -0.367 e. The Morgan fingerprint density at radius 3 is 2.60 bits per heavy atom. The highest BCUT2D eigenvalue weighted by molar-refractivity contribution is 7.91. The Hall–Kier alpha value is -2.37. The van der Waals surface area contributed by atoms with Gasteiger partial charge in [0.25, 0.3) is 0 Å². The van der Waals surface area contributed by atoms with Crippen molar-refractivity contribution < 1.29 is 8.42 Å². The molecule has 2 aromatic heterocycles. The normalized spacial score (nSPS) is 15.4. The molecule has 0 aliphatic carbocycles. The van der Waals surface area contributed by atoms with Crippen LogP contribution in [0.5, 0.6) is 0 Å². The third-order valence-corrected chi connectivity index (χ3v) is 10.2. The first-order valence-corrected chi connectivity index (χ1v) is 14.4. The summed E-state index contributed by atoms with van der Waals surface area (Å²) in [6.45, 7) is 6.77. The van der Waals surface area contributed by atoms with Crippen molar-refractivity contribution in [2.45, 2.75) is 24.0 Å². The molecule has 5 rings (SSSR count). The molecule has 3 N–H and O–H groups in total. The molecule has 4 aromatic rings. The number of nitrogens with one attached hydrogen (secondary N) is 3. The number of imidazole rings is 1. The van der Waals surface area contributed by atoms with Crippen LogP contribution in [0.4, 0.5) is 5.69 Å². The van der Waals surface area contributed by atoms with Crippen LogP contribution in [-0.2, 0) is 10.0 Å². The summed E-state index contributed by atoms with van der Waals surface area (Å²) in [5.41, 5.74) is 3.25. The molecule has 3 heterocycles. The van der Waals surface area contributed by atoms with Crippen LogP contribution in [0.3, 0.4) is 0 Å². The van der Waals surface area contributed by atoms with E-state index >= 15 is 0 Å². The van der Waals surface area contributed by atoms with Crippen molar-refractivity contribution in [2.24, 2.45) is 0 Å². The van der Waals surface area contributed by atoms with E-state index in [0.717, 1.165) is 72.4 Å². The molecule has 0 bridgehead atoms. The number of rotatable bonds is 8. The Kier molecular flexibility index (Phi) is 6.91. The van der Waals surface area contributed by atoms with Crippen molar-refractivity contribution in [3.05, 3.63) is 57.5 Å². The van der Waals surface area contributed by atoms with Crippen molar-refractivity contribution in [3.8, 4) is 0 Å². The van der Waals surface area contributed by atoms with E-state index < -0.39 is 10.0 Å². The maximum Gasteiger partial charge on any atom is 0.323 e. The predicted octanol–water partition coefficient (Wildman–Crippen LogP) is 3.91. The summed E-state index contributed by atoms with van der Waals surface area (Å²) in [7, 11) is -3.57. The Balaban J connectivity index is 1.09. The van der Waals surface area contributed by atoms with Gasteiger partial charge in [0.15, 0.2) is 0 Å². The zero-order chi connectivity index (χ0) is 24.6. The van der Waals surface area contributed by atoms with E-state index in [4.69, 9.17) is 11.6 Å². The lowest BCUT2D eigenvalue weighted by atomic mass is 10.2. The van der Waals surface area contributed by atoms with Gasteiger partial charge in [-0.3, -0.25) is 4.90 Å². The second kappa shape index (κ2) is 9.94. The first-order valence-electron chi connectivity index (χ1n) is 11.7. The van der Waals surface area contributed by atoms with E-state index in [9.17, 15) is 13.2 Å². The number of aromatic nitrogens is 2. The number of thiophene rings is 1. The number of hydrogen-bond donors (Lipinski definition) is 3. The van der Waals surface area contributed by atoms with Crippen molar-refractivity contribution in [1.82, 2.24) is 19.6 Å². The van der Waals surface area contributed by atoms with Gasteiger partial charge in [-0.25, -0.2) is 17.9 Å². The molecule has 1 saturated heterocycles. The third kappa shape index (κ3) is 4.99. The molecular formula is C24H28ClN5O3S2. The Labute approximate surface area is 212 Å². The monoisotopic (exact) mass is 533 g/mol. The molecule has 8 nitrogen and oxygen atoms in total. The summed E-state index contributed by atoms with van der Waals surface area (Å²) in [5.74, 6) is 0. The number of halogens is 1. The number of H-pyrrole nitrogens is 2. The standard InChI is InChI=1S/C24H28ClN5O3S2/c1-16-21-17(25)6-4-9-20(21)34-23(16)35(32,33)26-10-2-3-11-29-12-14-30(15-13-29)19-8-5-7-18-22(19)28-24(31)27-18/h4-9,26H,2-3,10-15H2,1H3,(H2,27,28,31). The van der Waals surface area contributed by atoms with E-state index in [2.05, 4.69) is 24.5 Å². The van der Waals surface area contributed by atoms with Gasteiger partial charge in [-0.15, -0.1) is 11.3 Å². The molecule has 1 fully saturated rings. The van der Waals surface area contributed by atoms with Crippen LogP contribution in [0.1, 0.15) is 18.4 Å². The average molecular weight is 534 g/mol. The first-order chi connectivity index (χ1) is 16.8. The number of anilines is 1. The lowest BCUT2D eigenvalue weighted by Gasteiger charge is -2.36. The lowest BCUT2D eigenvalue weighted by Crippen LogP contribution is -2.46. The quantitative estimate of drug-likeness (QED) is 0.298. The summed E-state index contributed by atoms with van der Waals surface area (Å²) in [6, 6.07) is 11.4. The molecule has 186 valence electrons. The third-order valence-electron chi connectivity index (χ3n) is 6.54. The van der Waals surface area contributed by atoms with E-state index in [1.165, 1.54) is 11.3 Å². The number of fused-ring (bicyclic) bond motifs is 2. The minimum atomic E-state index is -3.57. The van der Waals surface area contributed by atoms with Gasteiger partial charge in [0.05, 0.1) is 16.7 Å². The van der Waals surface area contributed by atoms with Crippen molar-refractivity contribution in [1.29, 1.82) is 0 Å². The first kappa shape index (κ1) is 24.3. The van der Waals surface area contributed by atoms with Gasteiger partial charge in [-0.1, -0.05) is 23.7 Å². The average Bonchev–Trinajstić information content (AvgIpc) is 3.39. The summed E-state index contributed by atoms with van der Waals surface area (Å²) in [5, 5.41) is 1.40. The number of aryl methyl sites for hydroxylation is 1. The van der Waals surface area contributed by atoms with Gasteiger partial charge < -0.3 is 14.9 Å². The number of aromatic amines is 2. The maximum absolute atomic E-state index is 12.9. The van der Waals surface area contributed by atoms with Crippen LogP contribution < -0.4 is 15.3 Å². The lowest BCUT2D eigenvalue weighted by molar-refractivity contribution is 0.253. The molecule has 0 radical (unpaired) electrons.